The summed E-state index contributed by atoms with van der Waals surface area (Å²) in [5, 5.41) is 18.8. The lowest BCUT2D eigenvalue weighted by atomic mass is 10.1. The number of nitrogens with zero attached hydrogens (tertiary/aromatic N) is 1. The molecule has 10 heteroatoms. The number of benzene rings is 3. The molecule has 168 valence electrons. The normalized spacial score (nSPS) is 10.2. The number of amides is 3. The van der Waals surface area contributed by atoms with Crippen LogP contribution in [0.1, 0.15) is 31.1 Å². The zero-order valence-electron chi connectivity index (χ0n) is 17.2. The standard InChI is InChI=1S/C23H19FN4O5/c24-17-9-5-16(6-10-17)22(30)27-18-11-7-15(8-12-18)21(29)25-13-14-26-23(31)19-3-1-2-4-20(19)28(32)33/h1-12H,13-14H2,(H,25,29)(H,26,31)(H,27,30). The van der Waals surface area contributed by atoms with Gasteiger partial charge in [-0.2, -0.15) is 0 Å². The van der Waals surface area contributed by atoms with Crippen LogP contribution in [0.4, 0.5) is 15.8 Å². The van der Waals surface area contributed by atoms with Crippen LogP contribution >= 0.6 is 0 Å². The van der Waals surface area contributed by atoms with Crippen LogP contribution in [0.25, 0.3) is 0 Å². The largest absolute Gasteiger partial charge is 0.350 e. The Kier molecular flexibility index (Phi) is 7.43. The molecular formula is C23H19FN4O5. The van der Waals surface area contributed by atoms with Crippen molar-refractivity contribution in [2.75, 3.05) is 18.4 Å². The maximum Gasteiger partial charge on any atom is 0.282 e. The molecule has 33 heavy (non-hydrogen) atoms. The molecule has 0 saturated carbocycles. The number of carbonyl (C=O) groups is 3. The van der Waals surface area contributed by atoms with E-state index >= 15 is 0 Å². The molecule has 0 aromatic heterocycles. The predicted octanol–water partition coefficient (Wildman–Crippen LogP) is 3.15. The van der Waals surface area contributed by atoms with Crippen molar-refractivity contribution in [3.05, 3.63) is 105 Å². The number of hydrogen-bond acceptors (Lipinski definition) is 5. The first kappa shape index (κ1) is 23.1. The van der Waals surface area contributed by atoms with E-state index in [-0.39, 0.29) is 24.3 Å². The number of nitro benzene ring substituents is 1. The highest BCUT2D eigenvalue weighted by Crippen LogP contribution is 2.17. The van der Waals surface area contributed by atoms with Gasteiger partial charge in [0.05, 0.1) is 4.92 Å². The van der Waals surface area contributed by atoms with Crippen molar-refractivity contribution >= 4 is 29.1 Å². The molecule has 0 bridgehead atoms. The third-order valence-electron chi connectivity index (χ3n) is 4.55. The molecule has 0 aliphatic heterocycles. The second-order valence-corrected chi connectivity index (χ2v) is 6.82. The highest BCUT2D eigenvalue weighted by molar-refractivity contribution is 6.04. The lowest BCUT2D eigenvalue weighted by molar-refractivity contribution is -0.385. The van der Waals surface area contributed by atoms with E-state index in [2.05, 4.69) is 16.0 Å². The van der Waals surface area contributed by atoms with E-state index in [4.69, 9.17) is 0 Å². The molecule has 0 aliphatic rings. The Balaban J connectivity index is 1.47. The van der Waals surface area contributed by atoms with Gasteiger partial charge in [0.1, 0.15) is 11.4 Å². The first-order valence-corrected chi connectivity index (χ1v) is 9.82. The zero-order chi connectivity index (χ0) is 23.8. The van der Waals surface area contributed by atoms with Crippen LogP contribution in [0.3, 0.4) is 0 Å². The smallest absolute Gasteiger partial charge is 0.282 e. The molecule has 3 amide bonds. The lowest BCUT2D eigenvalue weighted by Gasteiger charge is -2.09. The first-order chi connectivity index (χ1) is 15.8. The molecule has 3 N–H and O–H groups in total. The molecule has 0 atom stereocenters. The number of halogens is 1. The summed E-state index contributed by atoms with van der Waals surface area (Å²) >= 11 is 0. The van der Waals surface area contributed by atoms with Crippen molar-refractivity contribution in [3.8, 4) is 0 Å². The molecule has 3 rings (SSSR count). The fourth-order valence-electron chi connectivity index (χ4n) is 2.88. The molecule has 3 aromatic rings. The number of nitrogens with one attached hydrogen (secondary N) is 3. The minimum Gasteiger partial charge on any atom is -0.350 e. The number of para-hydroxylation sites is 1. The minimum absolute atomic E-state index is 0.0629. The van der Waals surface area contributed by atoms with Gasteiger partial charge in [-0.1, -0.05) is 12.1 Å². The molecule has 0 unspecified atom stereocenters. The van der Waals surface area contributed by atoms with Crippen molar-refractivity contribution in [2.45, 2.75) is 0 Å². The molecule has 0 fully saturated rings. The quantitative estimate of drug-likeness (QED) is 0.276. The molecule has 0 radical (unpaired) electrons. The fraction of sp³-hybridized carbons (Fsp3) is 0.0870. The van der Waals surface area contributed by atoms with E-state index < -0.39 is 28.5 Å². The van der Waals surface area contributed by atoms with Gasteiger partial charge in [0.2, 0.25) is 0 Å². The zero-order valence-corrected chi connectivity index (χ0v) is 17.2. The number of carbonyl (C=O) groups excluding carboxylic acids is 3. The predicted molar refractivity (Wildman–Crippen MR) is 119 cm³/mol. The first-order valence-electron chi connectivity index (χ1n) is 9.82. The summed E-state index contributed by atoms with van der Waals surface area (Å²) in [5.41, 5.74) is 0.719. The molecular weight excluding hydrogens is 431 g/mol. The fourth-order valence-corrected chi connectivity index (χ4v) is 2.88. The van der Waals surface area contributed by atoms with Gasteiger partial charge in [-0.15, -0.1) is 0 Å². The van der Waals surface area contributed by atoms with E-state index in [0.717, 1.165) is 0 Å². The van der Waals surface area contributed by atoms with Crippen LogP contribution in [-0.4, -0.2) is 35.7 Å². The van der Waals surface area contributed by atoms with Gasteiger partial charge in [0, 0.05) is 36.0 Å². The number of nitro groups is 1. The number of hydrogen-bond donors (Lipinski definition) is 3. The van der Waals surface area contributed by atoms with Gasteiger partial charge in [-0.25, -0.2) is 4.39 Å². The van der Waals surface area contributed by atoms with Crippen LogP contribution in [0.5, 0.6) is 0 Å². The van der Waals surface area contributed by atoms with Crippen LogP contribution in [0.15, 0.2) is 72.8 Å². The molecule has 0 heterocycles. The van der Waals surface area contributed by atoms with Gasteiger partial charge in [0.25, 0.3) is 23.4 Å². The molecule has 3 aromatic carbocycles. The van der Waals surface area contributed by atoms with E-state index in [9.17, 15) is 28.9 Å². The molecule has 9 nitrogen and oxygen atoms in total. The van der Waals surface area contributed by atoms with Crippen molar-refractivity contribution < 1.29 is 23.7 Å². The van der Waals surface area contributed by atoms with Gasteiger partial charge in [-0.3, -0.25) is 24.5 Å². The topological polar surface area (TPSA) is 130 Å². The Morgan fingerprint density at radius 2 is 1.30 bits per heavy atom. The summed E-state index contributed by atoms with van der Waals surface area (Å²) in [5.74, 6) is -1.87. The summed E-state index contributed by atoms with van der Waals surface area (Å²) in [7, 11) is 0. The summed E-state index contributed by atoms with van der Waals surface area (Å²) < 4.78 is 13.0. The molecule has 0 saturated heterocycles. The maximum atomic E-state index is 13.0. The van der Waals surface area contributed by atoms with Crippen molar-refractivity contribution in [2.24, 2.45) is 0 Å². The monoisotopic (exact) mass is 450 g/mol. The van der Waals surface area contributed by atoms with E-state index in [1.54, 1.807) is 12.1 Å². The van der Waals surface area contributed by atoms with E-state index in [0.29, 0.717) is 16.8 Å². The number of anilines is 1. The molecule has 0 aliphatic carbocycles. The second kappa shape index (κ2) is 10.6. The van der Waals surface area contributed by atoms with Gasteiger partial charge in [0.15, 0.2) is 0 Å². The van der Waals surface area contributed by atoms with Crippen LogP contribution in [0, 0.1) is 15.9 Å². The summed E-state index contributed by atoms with van der Waals surface area (Å²) in [4.78, 5) is 46.9. The Labute approximate surface area is 187 Å². The van der Waals surface area contributed by atoms with Gasteiger partial charge < -0.3 is 16.0 Å². The molecule has 0 spiro atoms. The van der Waals surface area contributed by atoms with Crippen LogP contribution in [-0.2, 0) is 0 Å². The van der Waals surface area contributed by atoms with Crippen LogP contribution < -0.4 is 16.0 Å². The number of rotatable bonds is 8. The third-order valence-corrected chi connectivity index (χ3v) is 4.55. The second-order valence-electron chi connectivity index (χ2n) is 6.82. The van der Waals surface area contributed by atoms with E-state index in [1.807, 2.05) is 0 Å². The average Bonchev–Trinajstić information content (AvgIpc) is 2.82. The minimum atomic E-state index is -0.636. The van der Waals surface area contributed by atoms with Crippen molar-refractivity contribution in [3.63, 3.8) is 0 Å². The van der Waals surface area contributed by atoms with Crippen LogP contribution in [0.2, 0.25) is 0 Å². The van der Waals surface area contributed by atoms with Crippen molar-refractivity contribution in [1.29, 1.82) is 0 Å². The highest BCUT2D eigenvalue weighted by Gasteiger charge is 2.18. The van der Waals surface area contributed by atoms with Crippen molar-refractivity contribution in [1.82, 2.24) is 10.6 Å². The summed E-state index contributed by atoms with van der Waals surface area (Å²) in [6.07, 6.45) is 0. The SMILES string of the molecule is O=C(NCCNC(=O)c1ccccc1[N+](=O)[O-])c1ccc(NC(=O)c2ccc(F)cc2)cc1. The Hall–Kier alpha value is -4.60. The Morgan fingerprint density at radius 3 is 1.94 bits per heavy atom. The summed E-state index contributed by atoms with van der Waals surface area (Å²) in [6, 6.07) is 16.8. The van der Waals surface area contributed by atoms with Gasteiger partial charge in [-0.05, 0) is 54.6 Å². The Bertz CT molecular complexity index is 1180. The van der Waals surface area contributed by atoms with E-state index in [1.165, 1.54) is 60.7 Å². The highest BCUT2D eigenvalue weighted by atomic mass is 19.1. The Morgan fingerprint density at radius 1 is 0.758 bits per heavy atom. The summed E-state index contributed by atoms with van der Waals surface area (Å²) in [6.45, 7) is 0.177. The maximum absolute atomic E-state index is 13.0. The third kappa shape index (κ3) is 6.20. The average molecular weight is 450 g/mol. The van der Waals surface area contributed by atoms with Gasteiger partial charge >= 0.3 is 0 Å². The lowest BCUT2D eigenvalue weighted by Crippen LogP contribution is -2.34.